The Labute approximate surface area is 505 Å². The second-order valence-electron chi connectivity index (χ2n) is 31.2. The molecular weight excluding hydrogens is 1050 g/mol. The summed E-state index contributed by atoms with van der Waals surface area (Å²) >= 11 is 1.98. The van der Waals surface area contributed by atoms with Gasteiger partial charge in [0.15, 0.2) is 25.0 Å². The summed E-state index contributed by atoms with van der Waals surface area (Å²) in [5, 5.41) is 0. The van der Waals surface area contributed by atoms with Crippen LogP contribution in [0.25, 0.3) is 0 Å². The van der Waals surface area contributed by atoms with Crippen LogP contribution in [0.3, 0.4) is 0 Å². The van der Waals surface area contributed by atoms with Crippen LogP contribution in [-0.4, -0.2) is 53.1 Å². The molecule has 4 unspecified atom stereocenters. The highest BCUT2D eigenvalue weighted by molar-refractivity contribution is 7.99. The molecule has 0 heterocycles. The summed E-state index contributed by atoms with van der Waals surface area (Å²) < 4.78 is 20.8. The van der Waals surface area contributed by atoms with E-state index < -0.39 is 25.0 Å². The normalized spacial score (nSPS) is 33.5. The molecule has 12 atom stereocenters. The van der Waals surface area contributed by atoms with Gasteiger partial charge in [0, 0.05) is 11.8 Å². The molecular formula is C72H132O4SSi3. The molecule has 0 aromatic heterocycles. The fourth-order valence-electron chi connectivity index (χ4n) is 18.8. The zero-order valence-electron chi connectivity index (χ0n) is 57.0. The lowest BCUT2D eigenvalue weighted by Crippen LogP contribution is -2.51. The zero-order chi connectivity index (χ0) is 59.7. The third-order valence-corrected chi connectivity index (χ3v) is 36.0. The third kappa shape index (κ3) is 17.2. The summed E-state index contributed by atoms with van der Waals surface area (Å²) in [5.74, 6) is 6.81. The number of hydrogen-bond donors (Lipinski definition) is 0. The van der Waals surface area contributed by atoms with Crippen molar-refractivity contribution in [2.24, 2.45) is 70.0 Å². The van der Waals surface area contributed by atoms with E-state index in [0.717, 1.165) is 48.3 Å². The molecule has 0 saturated heterocycles. The van der Waals surface area contributed by atoms with Gasteiger partial charge in [-0.05, 0) is 251 Å². The van der Waals surface area contributed by atoms with E-state index in [2.05, 4.69) is 175 Å². The second-order valence-corrected chi connectivity index (χ2v) is 46.1. The van der Waals surface area contributed by atoms with Crippen molar-refractivity contribution in [1.82, 2.24) is 0 Å². The van der Waals surface area contributed by atoms with Crippen LogP contribution in [0.1, 0.15) is 253 Å². The molecule has 462 valence electrons. The van der Waals surface area contributed by atoms with Crippen molar-refractivity contribution in [1.29, 1.82) is 0 Å². The standard InChI is InChI=1S/C38H72O2SSi2.C34H60O2Si/c1-14-43(15-2,16-3)39-36(7,8)25-17-19-29(4)34-23-24-35-33(20-18-26-37(34,35)9)22-21-32-27-30(5)38(41-10,31(6)28-32)40-42(11,12)13;1-10-37(11-2,12-3)36-33(7,8)21-13-15-25(4)30-19-20-31-29(16-14-22-34(30,31)9)18-17-28-23-26(5)32(35)27(6)24-28/h21-22,29-31,34-35H,14-20,23-28H2,1-13H3;17-18,25-27,30-31H,10-16,19-24H2,1-9H3/b32-21?,33-22+;29-18+/t29-,30+,31+,34?,35?,37+,38?;25-,26+,27+,30?,31?,34+/m00/s1. The lowest BCUT2D eigenvalue weighted by molar-refractivity contribution is -0.126. The number of fused-ring (bicyclic) bond motifs is 2. The van der Waals surface area contributed by atoms with Gasteiger partial charge in [0.2, 0.25) is 0 Å². The van der Waals surface area contributed by atoms with Gasteiger partial charge in [-0.15, -0.1) is 11.8 Å². The summed E-state index contributed by atoms with van der Waals surface area (Å²) in [6.07, 6.45) is 38.1. The summed E-state index contributed by atoms with van der Waals surface area (Å²) in [4.78, 5) is 12.2. The molecule has 4 nitrogen and oxygen atoms in total. The van der Waals surface area contributed by atoms with Gasteiger partial charge < -0.3 is 13.3 Å². The molecule has 0 radical (unpaired) electrons. The number of allylic oxidation sites excluding steroid dienone is 8. The maximum absolute atomic E-state index is 12.3. The van der Waals surface area contributed by atoms with Gasteiger partial charge in [-0.1, -0.05) is 169 Å². The van der Waals surface area contributed by atoms with E-state index in [-0.39, 0.29) is 28.0 Å². The van der Waals surface area contributed by atoms with E-state index in [1.807, 2.05) is 11.8 Å². The first kappa shape index (κ1) is 70.3. The van der Waals surface area contributed by atoms with Crippen LogP contribution in [0.5, 0.6) is 0 Å². The number of rotatable bonds is 25. The Kier molecular flexibility index (Phi) is 25.9. The summed E-state index contributed by atoms with van der Waals surface area (Å²) in [6, 6.07) is 7.46. The number of carbonyl (C=O) groups excluding carboxylic acids is 1. The maximum Gasteiger partial charge on any atom is 0.192 e. The fourth-order valence-corrected chi connectivity index (χ4v) is 28.6. The first-order valence-electron chi connectivity index (χ1n) is 34.4. The molecule has 6 fully saturated rings. The van der Waals surface area contributed by atoms with Gasteiger partial charge in [0.25, 0.3) is 0 Å². The third-order valence-electron chi connectivity index (χ3n) is 23.6. The molecule has 6 aliphatic rings. The first-order valence-corrected chi connectivity index (χ1v) is 44.1. The molecule has 0 amide bonds. The van der Waals surface area contributed by atoms with E-state index >= 15 is 0 Å². The highest BCUT2D eigenvalue weighted by Gasteiger charge is 2.53. The van der Waals surface area contributed by atoms with E-state index in [9.17, 15) is 4.79 Å². The van der Waals surface area contributed by atoms with Crippen molar-refractivity contribution in [3.05, 3.63) is 46.6 Å². The second kappa shape index (κ2) is 29.5. The minimum absolute atomic E-state index is 0.0169. The maximum atomic E-state index is 12.3. The van der Waals surface area contributed by atoms with Gasteiger partial charge >= 0.3 is 0 Å². The Morgan fingerprint density at radius 1 is 0.588 bits per heavy atom. The van der Waals surface area contributed by atoms with Crippen LogP contribution >= 0.6 is 11.8 Å². The van der Waals surface area contributed by atoms with Crippen molar-refractivity contribution in [3.63, 3.8) is 0 Å². The largest absolute Gasteiger partial charge is 0.412 e. The highest BCUT2D eigenvalue weighted by atomic mass is 32.2. The Hall–Kier alpha value is -0.489. The molecule has 0 spiro atoms. The number of Topliss-reactive ketones (excluding diaryl/α,β-unsaturated/α-hetero) is 1. The molecule has 80 heavy (non-hydrogen) atoms. The van der Waals surface area contributed by atoms with Crippen LogP contribution in [0.15, 0.2) is 46.6 Å². The van der Waals surface area contributed by atoms with Gasteiger partial charge in [0.05, 0.1) is 11.2 Å². The fraction of sp³-hybridized carbons (Fsp3) is 0.875. The van der Waals surface area contributed by atoms with Gasteiger partial charge in [0.1, 0.15) is 10.7 Å². The van der Waals surface area contributed by atoms with Gasteiger partial charge in [-0.2, -0.15) is 0 Å². The average molecular weight is 1180 g/mol. The summed E-state index contributed by atoms with van der Waals surface area (Å²) in [5.41, 5.74) is 7.61. The number of carbonyl (C=O) groups is 1. The zero-order valence-corrected chi connectivity index (χ0v) is 60.8. The Morgan fingerprint density at radius 2 is 0.950 bits per heavy atom. The van der Waals surface area contributed by atoms with Crippen LogP contribution < -0.4 is 0 Å². The average Bonchev–Trinajstić information content (AvgIpc) is 4.01. The Morgan fingerprint density at radius 3 is 1.29 bits per heavy atom. The molecule has 8 heteroatoms. The van der Waals surface area contributed by atoms with E-state index in [1.54, 1.807) is 16.7 Å². The quantitative estimate of drug-likeness (QED) is 0.0673. The van der Waals surface area contributed by atoms with Gasteiger partial charge in [-0.25, -0.2) is 0 Å². The lowest BCUT2D eigenvalue weighted by atomic mass is 9.60. The predicted molar refractivity (Wildman–Crippen MR) is 360 cm³/mol. The van der Waals surface area contributed by atoms with Crippen LogP contribution in [0, 0.1) is 70.0 Å². The van der Waals surface area contributed by atoms with Crippen molar-refractivity contribution in [2.75, 3.05) is 6.26 Å². The molecule has 6 saturated carbocycles. The summed E-state index contributed by atoms with van der Waals surface area (Å²) in [6.45, 7) is 50.1. The molecule has 0 aliphatic heterocycles. The molecule has 6 rings (SSSR count). The van der Waals surface area contributed by atoms with E-state index in [4.69, 9.17) is 13.3 Å². The SMILES string of the molecule is CC[Si](CC)(CC)OC(C)(C)CCC[C@H](C)C1CCC2/C(=C/C=C3C[C@@H](C)C(=O)[C@H](C)C3)CCC[C@@]21C.CC[Si](CC)(CC)OC(C)(C)CCC[C@H](C)C1CCC2/C(=C/C=C3C[C@@H](C)C(O[Si](C)(C)C)(SC)[C@H](C)C3)CCC[C@@]21C. The Bertz CT molecular complexity index is 2040. The van der Waals surface area contributed by atoms with Crippen molar-refractivity contribution in [2.45, 2.75) is 325 Å². The topological polar surface area (TPSA) is 44.8 Å². The van der Waals surface area contributed by atoms with Crippen molar-refractivity contribution in [3.8, 4) is 0 Å². The molecule has 0 aromatic rings. The van der Waals surface area contributed by atoms with Crippen molar-refractivity contribution >= 4 is 42.5 Å². The van der Waals surface area contributed by atoms with Crippen LogP contribution in [-0.2, 0) is 18.1 Å². The van der Waals surface area contributed by atoms with Crippen molar-refractivity contribution < 1.29 is 18.1 Å². The minimum atomic E-state index is -1.62. The molecule has 0 aromatic carbocycles. The monoisotopic (exact) mass is 1180 g/mol. The van der Waals surface area contributed by atoms with Gasteiger partial charge in [-0.3, -0.25) is 4.79 Å². The highest BCUT2D eigenvalue weighted by Crippen LogP contribution is 2.62. The Balaban J connectivity index is 0.000000297. The van der Waals surface area contributed by atoms with Crippen LogP contribution in [0.4, 0.5) is 0 Å². The van der Waals surface area contributed by atoms with E-state index in [1.165, 1.54) is 157 Å². The number of thioether (sulfide) groups is 1. The smallest absolute Gasteiger partial charge is 0.192 e. The molecule has 0 N–H and O–H groups in total. The summed E-state index contributed by atoms with van der Waals surface area (Å²) in [7, 11) is -4.74. The molecule has 0 bridgehead atoms. The number of hydrogen-bond acceptors (Lipinski definition) is 5. The predicted octanol–water partition coefficient (Wildman–Crippen LogP) is 22.9. The number of ketones is 1. The lowest BCUT2D eigenvalue weighted by Gasteiger charge is -2.50. The van der Waals surface area contributed by atoms with E-state index in [0.29, 0.717) is 28.4 Å². The molecule has 6 aliphatic carbocycles. The first-order chi connectivity index (χ1) is 37.4. The minimum Gasteiger partial charge on any atom is -0.412 e. The van der Waals surface area contributed by atoms with Crippen LogP contribution in [0.2, 0.25) is 55.9 Å².